The van der Waals surface area contributed by atoms with E-state index in [0.717, 1.165) is 5.56 Å². The Morgan fingerprint density at radius 1 is 1.53 bits per heavy atom. The van der Waals surface area contributed by atoms with Crippen molar-refractivity contribution >= 4 is 11.6 Å². The molecule has 0 heterocycles. The number of halogens is 2. The summed E-state index contributed by atoms with van der Waals surface area (Å²) in [7, 11) is 1.60. The van der Waals surface area contributed by atoms with Gasteiger partial charge in [0, 0.05) is 32.7 Å². The second-order valence-electron chi connectivity index (χ2n) is 5.02. The van der Waals surface area contributed by atoms with Crippen LogP contribution in [0.1, 0.15) is 31.9 Å². The maximum Gasteiger partial charge on any atom is 0.142 e. The lowest BCUT2D eigenvalue weighted by Gasteiger charge is -2.26. The molecule has 19 heavy (non-hydrogen) atoms. The molecule has 0 aliphatic heterocycles. The summed E-state index contributed by atoms with van der Waals surface area (Å²) in [6.45, 7) is 4.56. The molecule has 0 radical (unpaired) electrons. The smallest absolute Gasteiger partial charge is 0.142 e. The van der Waals surface area contributed by atoms with Gasteiger partial charge in [0.05, 0.1) is 10.6 Å². The van der Waals surface area contributed by atoms with Gasteiger partial charge >= 0.3 is 0 Å². The number of rotatable bonds is 7. The standard InChI is InChI=1S/C14H21ClFNO2/c1-10(11-4-5-12(15)13(16)8-11)17-9-14(2,18)6-7-19-3/h4-5,8,10,17-18H,6-7,9H2,1-3H3. The minimum Gasteiger partial charge on any atom is -0.389 e. The van der Waals surface area contributed by atoms with Crippen LogP contribution in [0.15, 0.2) is 18.2 Å². The van der Waals surface area contributed by atoms with Crippen LogP contribution < -0.4 is 5.32 Å². The van der Waals surface area contributed by atoms with Gasteiger partial charge in [0.15, 0.2) is 0 Å². The Hall–Kier alpha value is -0.680. The Bertz CT molecular complexity index is 412. The van der Waals surface area contributed by atoms with E-state index < -0.39 is 11.4 Å². The van der Waals surface area contributed by atoms with Crippen molar-refractivity contribution in [1.82, 2.24) is 5.32 Å². The fourth-order valence-electron chi connectivity index (χ4n) is 1.68. The predicted octanol–water partition coefficient (Wildman–Crippen LogP) is 2.92. The second-order valence-corrected chi connectivity index (χ2v) is 5.42. The van der Waals surface area contributed by atoms with E-state index in [1.165, 1.54) is 12.1 Å². The normalized spacial score (nSPS) is 16.1. The van der Waals surface area contributed by atoms with Crippen LogP contribution in [0.4, 0.5) is 4.39 Å². The molecule has 0 saturated carbocycles. The minimum atomic E-state index is -0.852. The van der Waals surface area contributed by atoms with Gasteiger partial charge in [-0.25, -0.2) is 4.39 Å². The Labute approximate surface area is 118 Å². The Kier molecular flexibility index (Phi) is 6.20. The van der Waals surface area contributed by atoms with Crippen LogP contribution in [-0.2, 0) is 4.74 Å². The molecule has 5 heteroatoms. The van der Waals surface area contributed by atoms with E-state index in [0.29, 0.717) is 19.6 Å². The van der Waals surface area contributed by atoms with Crippen molar-refractivity contribution in [3.8, 4) is 0 Å². The number of methoxy groups -OCH3 is 1. The second kappa shape index (κ2) is 7.20. The molecule has 1 aromatic rings. The Balaban J connectivity index is 2.54. The molecule has 0 aliphatic rings. The summed E-state index contributed by atoms with van der Waals surface area (Å²) in [4.78, 5) is 0. The van der Waals surface area contributed by atoms with Crippen LogP contribution in [0.3, 0.4) is 0 Å². The molecule has 0 fully saturated rings. The fraction of sp³-hybridized carbons (Fsp3) is 0.571. The largest absolute Gasteiger partial charge is 0.389 e. The molecule has 3 nitrogen and oxygen atoms in total. The van der Waals surface area contributed by atoms with E-state index in [-0.39, 0.29) is 11.1 Å². The number of benzene rings is 1. The third kappa shape index (κ3) is 5.45. The highest BCUT2D eigenvalue weighted by atomic mass is 35.5. The summed E-state index contributed by atoms with van der Waals surface area (Å²) >= 11 is 5.64. The van der Waals surface area contributed by atoms with Crippen LogP contribution in [0.25, 0.3) is 0 Å². The molecular weight excluding hydrogens is 269 g/mol. The molecule has 0 aromatic heterocycles. The van der Waals surface area contributed by atoms with E-state index in [9.17, 15) is 9.50 Å². The van der Waals surface area contributed by atoms with E-state index in [1.807, 2.05) is 6.92 Å². The lowest BCUT2D eigenvalue weighted by molar-refractivity contribution is 0.0231. The zero-order valence-electron chi connectivity index (χ0n) is 11.5. The summed E-state index contributed by atoms with van der Waals surface area (Å²) in [5.41, 5.74) is -0.0562. The predicted molar refractivity (Wildman–Crippen MR) is 74.9 cm³/mol. The van der Waals surface area contributed by atoms with Crippen LogP contribution in [0, 0.1) is 5.82 Å². The fourth-order valence-corrected chi connectivity index (χ4v) is 1.80. The molecule has 1 aromatic carbocycles. The molecule has 0 bridgehead atoms. The lowest BCUT2D eigenvalue weighted by atomic mass is 10.0. The third-order valence-corrected chi connectivity index (χ3v) is 3.38. The van der Waals surface area contributed by atoms with Gasteiger partial charge in [-0.1, -0.05) is 17.7 Å². The molecule has 0 amide bonds. The van der Waals surface area contributed by atoms with Gasteiger partial charge in [0.25, 0.3) is 0 Å². The number of hydrogen-bond acceptors (Lipinski definition) is 3. The first kappa shape index (κ1) is 16.4. The van der Waals surface area contributed by atoms with Crippen molar-refractivity contribution in [3.63, 3.8) is 0 Å². The van der Waals surface area contributed by atoms with Crippen molar-refractivity contribution in [3.05, 3.63) is 34.6 Å². The Morgan fingerprint density at radius 2 is 2.21 bits per heavy atom. The monoisotopic (exact) mass is 289 g/mol. The summed E-state index contributed by atoms with van der Waals surface area (Å²) in [5.74, 6) is -0.432. The number of hydrogen-bond donors (Lipinski definition) is 2. The van der Waals surface area contributed by atoms with Gasteiger partial charge in [0.1, 0.15) is 5.82 Å². The van der Waals surface area contributed by atoms with E-state index in [2.05, 4.69) is 5.32 Å². The molecular formula is C14H21ClFNO2. The zero-order valence-corrected chi connectivity index (χ0v) is 12.3. The van der Waals surface area contributed by atoms with Crippen LogP contribution in [0.5, 0.6) is 0 Å². The molecule has 108 valence electrons. The van der Waals surface area contributed by atoms with Crippen LogP contribution in [0.2, 0.25) is 5.02 Å². The van der Waals surface area contributed by atoms with Crippen LogP contribution >= 0.6 is 11.6 Å². The SMILES string of the molecule is COCCC(C)(O)CNC(C)c1ccc(Cl)c(F)c1. The summed E-state index contributed by atoms with van der Waals surface area (Å²) in [5, 5.41) is 13.4. The van der Waals surface area contributed by atoms with Gasteiger partial charge < -0.3 is 15.2 Å². The van der Waals surface area contributed by atoms with Gasteiger partial charge in [-0.05, 0) is 31.5 Å². The van der Waals surface area contributed by atoms with Gasteiger partial charge in [-0.2, -0.15) is 0 Å². The summed E-state index contributed by atoms with van der Waals surface area (Å²) in [6, 6.07) is 4.64. The van der Waals surface area contributed by atoms with E-state index in [4.69, 9.17) is 16.3 Å². The van der Waals surface area contributed by atoms with E-state index in [1.54, 1.807) is 20.1 Å². The Morgan fingerprint density at radius 3 is 2.79 bits per heavy atom. The van der Waals surface area contributed by atoms with Gasteiger partial charge in [-0.3, -0.25) is 0 Å². The van der Waals surface area contributed by atoms with Crippen molar-refractivity contribution in [1.29, 1.82) is 0 Å². The van der Waals surface area contributed by atoms with Crippen molar-refractivity contribution < 1.29 is 14.2 Å². The molecule has 2 N–H and O–H groups in total. The highest BCUT2D eigenvalue weighted by Gasteiger charge is 2.21. The van der Waals surface area contributed by atoms with Gasteiger partial charge in [0.2, 0.25) is 0 Å². The maximum absolute atomic E-state index is 13.4. The van der Waals surface area contributed by atoms with Crippen molar-refractivity contribution in [2.45, 2.75) is 31.9 Å². The van der Waals surface area contributed by atoms with Crippen molar-refractivity contribution in [2.75, 3.05) is 20.3 Å². The molecule has 0 spiro atoms. The lowest BCUT2D eigenvalue weighted by Crippen LogP contribution is -2.39. The highest BCUT2D eigenvalue weighted by Crippen LogP contribution is 2.20. The first-order valence-corrected chi connectivity index (χ1v) is 6.63. The third-order valence-electron chi connectivity index (χ3n) is 3.08. The molecule has 0 aliphatic carbocycles. The zero-order chi connectivity index (χ0) is 14.5. The first-order valence-electron chi connectivity index (χ1n) is 6.25. The maximum atomic E-state index is 13.4. The van der Waals surface area contributed by atoms with E-state index >= 15 is 0 Å². The average Bonchev–Trinajstić information content (AvgIpc) is 2.37. The molecule has 2 atom stereocenters. The summed E-state index contributed by atoms with van der Waals surface area (Å²) < 4.78 is 18.3. The van der Waals surface area contributed by atoms with Gasteiger partial charge in [-0.15, -0.1) is 0 Å². The molecule has 0 saturated heterocycles. The quantitative estimate of drug-likeness (QED) is 0.811. The average molecular weight is 290 g/mol. The van der Waals surface area contributed by atoms with Crippen LogP contribution in [-0.4, -0.2) is 31.0 Å². The van der Waals surface area contributed by atoms with Crippen molar-refractivity contribution in [2.24, 2.45) is 0 Å². The number of ether oxygens (including phenoxy) is 1. The molecule has 1 rings (SSSR count). The number of nitrogens with one attached hydrogen (secondary N) is 1. The first-order chi connectivity index (χ1) is 8.85. The topological polar surface area (TPSA) is 41.5 Å². The molecule has 2 unspecified atom stereocenters. The summed E-state index contributed by atoms with van der Waals surface area (Å²) in [6.07, 6.45) is 0.540. The number of aliphatic hydroxyl groups is 1. The minimum absolute atomic E-state index is 0.0687. The highest BCUT2D eigenvalue weighted by molar-refractivity contribution is 6.30.